The lowest BCUT2D eigenvalue weighted by atomic mass is 9.96. The fourth-order valence-electron chi connectivity index (χ4n) is 1.95. The molecule has 0 aliphatic carbocycles. The Bertz CT molecular complexity index is 465. The summed E-state index contributed by atoms with van der Waals surface area (Å²) >= 11 is 0. The molecule has 1 unspecified atom stereocenters. The van der Waals surface area contributed by atoms with E-state index in [1.165, 1.54) is 23.1 Å². The highest BCUT2D eigenvalue weighted by Gasteiger charge is 2.04. The van der Waals surface area contributed by atoms with Crippen LogP contribution in [-0.2, 0) is 0 Å². The van der Waals surface area contributed by atoms with Crippen LogP contribution in [0, 0.1) is 5.92 Å². The number of aliphatic imine (C=N–C) groups is 1. The molecule has 1 rings (SSSR count). The predicted molar refractivity (Wildman–Crippen MR) is 91.4 cm³/mol. The van der Waals surface area contributed by atoms with Gasteiger partial charge in [0.1, 0.15) is 0 Å². The second kappa shape index (κ2) is 8.04. The molecule has 0 bridgehead atoms. The minimum atomic E-state index is 0.547. The fourth-order valence-corrected chi connectivity index (χ4v) is 1.95. The molecule has 0 saturated heterocycles. The van der Waals surface area contributed by atoms with E-state index in [1.54, 1.807) is 0 Å². The van der Waals surface area contributed by atoms with Gasteiger partial charge in [0.2, 0.25) is 0 Å². The maximum absolute atomic E-state index is 4.60. The summed E-state index contributed by atoms with van der Waals surface area (Å²) < 4.78 is 0. The van der Waals surface area contributed by atoms with E-state index >= 15 is 0 Å². The Kier molecular flexibility index (Phi) is 6.70. The van der Waals surface area contributed by atoms with E-state index in [-0.39, 0.29) is 0 Å². The van der Waals surface area contributed by atoms with Crippen LogP contribution < -0.4 is 0 Å². The number of hydrogen-bond acceptors (Lipinski definition) is 1. The first-order valence-corrected chi connectivity index (χ1v) is 7.81. The third kappa shape index (κ3) is 4.63. The molecule has 0 fully saturated rings. The summed E-state index contributed by atoms with van der Waals surface area (Å²) in [4.78, 5) is 4.60. The number of hydrogen-bond donors (Lipinski definition) is 0. The molecule has 1 heteroatoms. The van der Waals surface area contributed by atoms with Gasteiger partial charge in [-0.1, -0.05) is 52.0 Å². The predicted octanol–water partition coefficient (Wildman–Crippen LogP) is 6.07. The van der Waals surface area contributed by atoms with E-state index in [0.717, 1.165) is 12.1 Å². The summed E-state index contributed by atoms with van der Waals surface area (Å²) in [5.41, 5.74) is 5.07. The lowest BCUT2D eigenvalue weighted by Crippen LogP contribution is -1.94. The van der Waals surface area contributed by atoms with E-state index in [4.69, 9.17) is 0 Å². The van der Waals surface area contributed by atoms with Gasteiger partial charge >= 0.3 is 0 Å². The topological polar surface area (TPSA) is 12.4 Å². The average Bonchev–Trinajstić information content (AvgIpc) is 2.50. The highest BCUT2D eigenvalue weighted by atomic mass is 14.7. The summed E-state index contributed by atoms with van der Waals surface area (Å²) in [6.45, 7) is 13.2. The molecule has 0 radical (unpaired) electrons. The van der Waals surface area contributed by atoms with Crippen molar-refractivity contribution in [1.82, 2.24) is 0 Å². The third-order valence-corrected chi connectivity index (χ3v) is 4.23. The van der Waals surface area contributed by atoms with Gasteiger partial charge in [0.05, 0.1) is 0 Å². The summed E-state index contributed by atoms with van der Waals surface area (Å²) in [6, 6.07) is 8.94. The number of allylic oxidation sites excluding steroid dienone is 2. The SMILES string of the molecule is CCC(C)C=N/C(C)=C(\C)c1ccc([C@H](C)CC)cc1. The van der Waals surface area contributed by atoms with Gasteiger partial charge in [0.25, 0.3) is 0 Å². The summed E-state index contributed by atoms with van der Waals surface area (Å²) in [6.07, 6.45) is 4.39. The van der Waals surface area contributed by atoms with E-state index in [2.05, 4.69) is 77.0 Å². The van der Waals surface area contributed by atoms with E-state index in [9.17, 15) is 0 Å². The second-order valence-corrected chi connectivity index (χ2v) is 5.81. The zero-order chi connectivity index (χ0) is 15.1. The van der Waals surface area contributed by atoms with Crippen molar-refractivity contribution in [2.24, 2.45) is 10.9 Å². The van der Waals surface area contributed by atoms with Crippen LogP contribution in [-0.4, -0.2) is 6.21 Å². The zero-order valence-electron chi connectivity index (χ0n) is 13.9. The molecule has 1 aromatic carbocycles. The molecule has 20 heavy (non-hydrogen) atoms. The molecule has 0 aromatic heterocycles. The first-order valence-electron chi connectivity index (χ1n) is 7.81. The van der Waals surface area contributed by atoms with Crippen molar-refractivity contribution in [2.45, 2.75) is 60.3 Å². The van der Waals surface area contributed by atoms with Crippen LogP contribution in [0.3, 0.4) is 0 Å². The maximum atomic E-state index is 4.60. The molecule has 110 valence electrons. The quantitative estimate of drug-likeness (QED) is 0.557. The van der Waals surface area contributed by atoms with Gasteiger partial charge in [-0.05, 0) is 55.2 Å². The maximum Gasteiger partial charge on any atom is 0.0403 e. The average molecular weight is 271 g/mol. The van der Waals surface area contributed by atoms with Gasteiger partial charge in [0, 0.05) is 11.9 Å². The van der Waals surface area contributed by atoms with Gasteiger partial charge in [0.15, 0.2) is 0 Å². The first-order chi connectivity index (χ1) is 9.49. The monoisotopic (exact) mass is 271 g/mol. The van der Waals surface area contributed by atoms with Crippen molar-refractivity contribution in [3.05, 3.63) is 41.1 Å². The molecule has 1 nitrogen and oxygen atoms in total. The number of nitrogens with zero attached hydrogens (tertiary/aromatic N) is 1. The van der Waals surface area contributed by atoms with Gasteiger partial charge in [-0.2, -0.15) is 0 Å². The number of rotatable bonds is 6. The standard InChI is InChI=1S/C19H29N/c1-7-14(3)13-20-17(6)16(5)19-11-9-18(10-12-19)15(4)8-2/h9-15H,7-8H2,1-6H3/b17-16+,20-13?/t14?,15-/m1/s1. The minimum absolute atomic E-state index is 0.547. The Morgan fingerprint density at radius 1 is 1.05 bits per heavy atom. The van der Waals surface area contributed by atoms with Crippen molar-refractivity contribution in [2.75, 3.05) is 0 Å². The molecule has 0 spiro atoms. The molecule has 0 saturated carbocycles. The molecule has 0 heterocycles. The Balaban J connectivity index is 2.90. The van der Waals surface area contributed by atoms with E-state index < -0.39 is 0 Å². The van der Waals surface area contributed by atoms with Crippen LogP contribution in [0.4, 0.5) is 0 Å². The van der Waals surface area contributed by atoms with Crippen molar-refractivity contribution < 1.29 is 0 Å². The Morgan fingerprint density at radius 2 is 1.65 bits per heavy atom. The van der Waals surface area contributed by atoms with Gasteiger partial charge < -0.3 is 0 Å². The molecule has 0 aliphatic rings. The van der Waals surface area contributed by atoms with Crippen LogP contribution in [0.1, 0.15) is 71.4 Å². The second-order valence-electron chi connectivity index (χ2n) is 5.81. The van der Waals surface area contributed by atoms with Crippen LogP contribution >= 0.6 is 0 Å². The minimum Gasteiger partial charge on any atom is -0.265 e. The van der Waals surface area contributed by atoms with Crippen molar-refractivity contribution in [3.63, 3.8) is 0 Å². The summed E-state index contributed by atoms with van der Waals surface area (Å²) in [5.74, 6) is 1.18. The summed E-state index contributed by atoms with van der Waals surface area (Å²) in [7, 11) is 0. The van der Waals surface area contributed by atoms with Crippen molar-refractivity contribution in [1.29, 1.82) is 0 Å². The molecular weight excluding hydrogens is 242 g/mol. The highest BCUT2D eigenvalue weighted by Crippen LogP contribution is 2.23. The molecular formula is C19H29N. The molecule has 1 aromatic rings. The first kappa shape index (κ1) is 16.7. The summed E-state index contributed by atoms with van der Waals surface area (Å²) in [5, 5.41) is 0. The molecule has 0 aliphatic heterocycles. The van der Waals surface area contributed by atoms with E-state index in [1.807, 2.05) is 0 Å². The van der Waals surface area contributed by atoms with Crippen LogP contribution in [0.25, 0.3) is 5.57 Å². The lowest BCUT2D eigenvalue weighted by molar-refractivity contribution is 0.733. The van der Waals surface area contributed by atoms with Gasteiger partial charge in [-0.3, -0.25) is 4.99 Å². The molecule has 0 N–H and O–H groups in total. The third-order valence-electron chi connectivity index (χ3n) is 4.23. The van der Waals surface area contributed by atoms with Crippen molar-refractivity contribution in [3.8, 4) is 0 Å². The fraction of sp³-hybridized carbons (Fsp3) is 0.526. The zero-order valence-corrected chi connectivity index (χ0v) is 13.9. The van der Waals surface area contributed by atoms with Gasteiger partial charge in [-0.15, -0.1) is 0 Å². The molecule has 2 atom stereocenters. The number of benzene rings is 1. The highest BCUT2D eigenvalue weighted by molar-refractivity contribution is 5.70. The van der Waals surface area contributed by atoms with Gasteiger partial charge in [-0.25, -0.2) is 0 Å². The Labute approximate surface area is 124 Å². The molecule has 0 amide bonds. The van der Waals surface area contributed by atoms with Crippen LogP contribution in [0.5, 0.6) is 0 Å². The van der Waals surface area contributed by atoms with Crippen molar-refractivity contribution >= 4 is 11.8 Å². The van der Waals surface area contributed by atoms with Crippen LogP contribution in [0.15, 0.2) is 35.0 Å². The van der Waals surface area contributed by atoms with Crippen LogP contribution in [0.2, 0.25) is 0 Å². The Hall–Kier alpha value is -1.37. The normalized spacial score (nSPS) is 16.1. The Morgan fingerprint density at radius 3 is 2.15 bits per heavy atom. The lowest BCUT2D eigenvalue weighted by Gasteiger charge is -2.11. The largest absolute Gasteiger partial charge is 0.265 e. The smallest absolute Gasteiger partial charge is 0.0403 e. The van der Waals surface area contributed by atoms with E-state index in [0.29, 0.717) is 11.8 Å².